The summed E-state index contributed by atoms with van der Waals surface area (Å²) < 4.78 is 5.47. The van der Waals surface area contributed by atoms with Gasteiger partial charge in [-0.3, -0.25) is 9.59 Å². The number of nitrogens with one attached hydrogen (secondary N) is 1. The minimum atomic E-state index is -1.08. The van der Waals surface area contributed by atoms with Crippen molar-refractivity contribution in [2.24, 2.45) is 5.73 Å². The van der Waals surface area contributed by atoms with E-state index >= 15 is 0 Å². The fourth-order valence-corrected chi connectivity index (χ4v) is 2.71. The SMILES string of the molecule is CN(C)C(=O)[C@@H](OC(=O)C[C@H](NC(N)=O)c1ccc(Cl)cc1)c1ccccc1. The Bertz CT molecular complexity index is 825. The largest absolute Gasteiger partial charge is 0.447 e. The average molecular weight is 404 g/mol. The number of urea groups is 1. The molecule has 0 saturated heterocycles. The van der Waals surface area contributed by atoms with Crippen molar-refractivity contribution in [2.45, 2.75) is 18.6 Å². The lowest BCUT2D eigenvalue weighted by molar-refractivity contribution is -0.160. The van der Waals surface area contributed by atoms with Crippen molar-refractivity contribution < 1.29 is 19.1 Å². The molecule has 28 heavy (non-hydrogen) atoms. The molecule has 8 heteroatoms. The van der Waals surface area contributed by atoms with Gasteiger partial charge in [-0.1, -0.05) is 54.1 Å². The number of ether oxygens (including phenoxy) is 1. The zero-order valence-electron chi connectivity index (χ0n) is 15.6. The minimum absolute atomic E-state index is 0.200. The number of carbonyl (C=O) groups is 3. The Morgan fingerprint density at radius 2 is 1.64 bits per heavy atom. The molecule has 2 aromatic carbocycles. The van der Waals surface area contributed by atoms with Gasteiger partial charge in [0.1, 0.15) is 0 Å². The van der Waals surface area contributed by atoms with E-state index in [0.29, 0.717) is 16.1 Å². The summed E-state index contributed by atoms with van der Waals surface area (Å²) in [6.07, 6.45) is -1.28. The van der Waals surface area contributed by atoms with Crippen LogP contribution in [0, 0.1) is 0 Å². The van der Waals surface area contributed by atoms with E-state index in [1.807, 2.05) is 0 Å². The van der Waals surface area contributed by atoms with E-state index in [9.17, 15) is 14.4 Å². The highest BCUT2D eigenvalue weighted by molar-refractivity contribution is 6.30. The molecule has 3 N–H and O–H groups in total. The summed E-state index contributed by atoms with van der Waals surface area (Å²) in [5.41, 5.74) is 6.42. The van der Waals surface area contributed by atoms with Crippen molar-refractivity contribution in [1.82, 2.24) is 10.2 Å². The summed E-state index contributed by atoms with van der Waals surface area (Å²) in [7, 11) is 3.16. The van der Waals surface area contributed by atoms with Crippen molar-refractivity contribution >= 4 is 29.5 Å². The van der Waals surface area contributed by atoms with Crippen LogP contribution in [0.1, 0.15) is 29.7 Å². The number of rotatable bonds is 7. The second kappa shape index (κ2) is 9.75. The normalized spacial score (nSPS) is 12.5. The molecule has 0 heterocycles. The molecule has 7 nitrogen and oxygen atoms in total. The number of nitrogens with two attached hydrogens (primary N) is 1. The third-order valence-corrected chi connectivity index (χ3v) is 4.23. The van der Waals surface area contributed by atoms with E-state index in [1.165, 1.54) is 4.90 Å². The maximum absolute atomic E-state index is 12.6. The number of likely N-dealkylation sites (N-methyl/N-ethyl adjacent to an activating group) is 1. The Hall–Kier alpha value is -3.06. The highest BCUT2D eigenvalue weighted by Crippen LogP contribution is 2.24. The zero-order valence-corrected chi connectivity index (χ0v) is 16.3. The fraction of sp³-hybridized carbons (Fsp3) is 0.250. The number of esters is 1. The molecule has 148 valence electrons. The van der Waals surface area contributed by atoms with Crippen LogP contribution >= 0.6 is 11.6 Å². The predicted octanol–water partition coefficient (Wildman–Crippen LogP) is 2.81. The molecule has 0 aliphatic heterocycles. The third-order valence-electron chi connectivity index (χ3n) is 3.98. The highest BCUT2D eigenvalue weighted by Gasteiger charge is 2.28. The second-order valence-electron chi connectivity index (χ2n) is 6.33. The van der Waals surface area contributed by atoms with Crippen molar-refractivity contribution in [3.63, 3.8) is 0 Å². The van der Waals surface area contributed by atoms with Crippen LogP contribution in [0.2, 0.25) is 5.02 Å². The van der Waals surface area contributed by atoms with Gasteiger partial charge in [-0.15, -0.1) is 0 Å². The monoisotopic (exact) mass is 403 g/mol. The number of nitrogens with zero attached hydrogens (tertiary/aromatic N) is 1. The molecular formula is C20H22ClN3O4. The van der Waals surface area contributed by atoms with E-state index in [0.717, 1.165) is 0 Å². The van der Waals surface area contributed by atoms with E-state index in [4.69, 9.17) is 22.1 Å². The third kappa shape index (κ3) is 5.99. The lowest BCUT2D eigenvalue weighted by Crippen LogP contribution is -2.36. The van der Waals surface area contributed by atoms with Crippen molar-refractivity contribution in [1.29, 1.82) is 0 Å². The van der Waals surface area contributed by atoms with Crippen LogP contribution in [0.25, 0.3) is 0 Å². The first-order valence-corrected chi connectivity index (χ1v) is 8.92. The average Bonchev–Trinajstić information content (AvgIpc) is 2.66. The molecule has 2 rings (SSSR count). The Morgan fingerprint density at radius 3 is 2.18 bits per heavy atom. The van der Waals surface area contributed by atoms with E-state index in [2.05, 4.69) is 5.32 Å². The minimum Gasteiger partial charge on any atom is -0.447 e. The van der Waals surface area contributed by atoms with Gasteiger partial charge in [0, 0.05) is 24.7 Å². The van der Waals surface area contributed by atoms with Gasteiger partial charge in [-0.25, -0.2) is 4.79 Å². The highest BCUT2D eigenvalue weighted by atomic mass is 35.5. The number of benzene rings is 2. The maximum Gasteiger partial charge on any atom is 0.312 e. The predicted molar refractivity (Wildman–Crippen MR) is 105 cm³/mol. The van der Waals surface area contributed by atoms with Gasteiger partial charge in [-0.05, 0) is 17.7 Å². The lowest BCUT2D eigenvalue weighted by Gasteiger charge is -2.23. The molecule has 0 aromatic heterocycles. The van der Waals surface area contributed by atoms with Crippen LogP contribution in [0.15, 0.2) is 54.6 Å². The summed E-state index contributed by atoms with van der Waals surface area (Å²) in [5.74, 6) is -1.02. The Balaban J connectivity index is 2.19. The van der Waals surface area contributed by atoms with Gasteiger partial charge in [0.15, 0.2) is 0 Å². The van der Waals surface area contributed by atoms with Crippen LogP contribution in [0.3, 0.4) is 0 Å². The van der Waals surface area contributed by atoms with Crippen molar-refractivity contribution in [3.8, 4) is 0 Å². The summed E-state index contributed by atoms with van der Waals surface area (Å²) in [5, 5.41) is 3.03. The standard InChI is InChI=1S/C20H22ClN3O4/c1-24(2)19(26)18(14-6-4-3-5-7-14)28-17(25)12-16(23-20(22)27)13-8-10-15(21)11-9-13/h3-11,16,18H,12H2,1-2H3,(H3,22,23,27)/t16-,18-/m0/s1. The zero-order chi connectivity index (χ0) is 20.7. The van der Waals surface area contributed by atoms with Gasteiger partial charge >= 0.3 is 12.0 Å². The number of primary amides is 1. The molecule has 3 amide bonds. The summed E-state index contributed by atoms with van der Waals surface area (Å²) in [6, 6.07) is 13.9. The van der Waals surface area contributed by atoms with E-state index in [1.54, 1.807) is 68.7 Å². The van der Waals surface area contributed by atoms with Gasteiger partial charge in [0.25, 0.3) is 5.91 Å². The molecule has 0 aliphatic carbocycles. The number of carbonyl (C=O) groups excluding carboxylic acids is 3. The molecule has 2 atom stereocenters. The molecule has 0 spiro atoms. The van der Waals surface area contributed by atoms with Crippen LogP contribution in [-0.4, -0.2) is 36.9 Å². The summed E-state index contributed by atoms with van der Waals surface area (Å²) in [4.78, 5) is 37.8. The second-order valence-corrected chi connectivity index (χ2v) is 6.77. The fourth-order valence-electron chi connectivity index (χ4n) is 2.59. The molecule has 0 unspecified atom stereocenters. The number of hydrogen-bond donors (Lipinski definition) is 2. The van der Waals surface area contributed by atoms with Crippen LogP contribution in [-0.2, 0) is 14.3 Å². The molecule has 2 aromatic rings. The van der Waals surface area contributed by atoms with Crippen LogP contribution in [0.4, 0.5) is 4.79 Å². The van der Waals surface area contributed by atoms with Crippen molar-refractivity contribution in [3.05, 3.63) is 70.7 Å². The number of hydrogen-bond acceptors (Lipinski definition) is 4. The molecule has 0 aliphatic rings. The topological polar surface area (TPSA) is 102 Å². The summed E-state index contributed by atoms with van der Waals surface area (Å²) >= 11 is 5.88. The Labute approximate surface area is 168 Å². The molecule has 0 saturated carbocycles. The lowest BCUT2D eigenvalue weighted by atomic mass is 10.0. The Kier molecular flexibility index (Phi) is 7.40. The molecule has 0 fully saturated rings. The van der Waals surface area contributed by atoms with E-state index in [-0.39, 0.29) is 12.3 Å². The van der Waals surface area contributed by atoms with Gasteiger partial charge in [0.2, 0.25) is 6.10 Å². The first-order valence-electron chi connectivity index (χ1n) is 8.55. The van der Waals surface area contributed by atoms with Gasteiger partial charge in [0.05, 0.1) is 12.5 Å². The van der Waals surface area contributed by atoms with Crippen molar-refractivity contribution in [2.75, 3.05) is 14.1 Å². The maximum atomic E-state index is 12.6. The van der Waals surface area contributed by atoms with Gasteiger partial charge < -0.3 is 20.7 Å². The van der Waals surface area contributed by atoms with Crippen LogP contribution < -0.4 is 11.1 Å². The van der Waals surface area contributed by atoms with Crippen LogP contribution in [0.5, 0.6) is 0 Å². The Morgan fingerprint density at radius 1 is 1.04 bits per heavy atom. The van der Waals surface area contributed by atoms with Gasteiger partial charge in [-0.2, -0.15) is 0 Å². The number of amides is 3. The number of halogens is 1. The first kappa shape index (κ1) is 21.2. The quantitative estimate of drug-likeness (QED) is 0.694. The molecular weight excluding hydrogens is 382 g/mol. The smallest absolute Gasteiger partial charge is 0.312 e. The molecule has 0 radical (unpaired) electrons. The van der Waals surface area contributed by atoms with E-state index < -0.39 is 24.1 Å². The summed E-state index contributed by atoms with van der Waals surface area (Å²) in [6.45, 7) is 0. The molecule has 0 bridgehead atoms. The first-order chi connectivity index (χ1) is 13.3.